The summed E-state index contributed by atoms with van der Waals surface area (Å²) < 4.78 is 11.3. The van der Waals surface area contributed by atoms with Gasteiger partial charge in [0.05, 0.1) is 13.2 Å². The number of aliphatic hydroxyl groups excluding tert-OH is 1. The third kappa shape index (κ3) is 7.12. The van der Waals surface area contributed by atoms with Crippen molar-refractivity contribution >= 4 is 0 Å². The van der Waals surface area contributed by atoms with E-state index >= 15 is 0 Å². The van der Waals surface area contributed by atoms with Crippen LogP contribution in [-0.4, -0.2) is 73.6 Å². The summed E-state index contributed by atoms with van der Waals surface area (Å²) in [7, 11) is 0. The van der Waals surface area contributed by atoms with Gasteiger partial charge in [-0.1, -0.05) is 42.5 Å². The van der Waals surface area contributed by atoms with Gasteiger partial charge in [0.15, 0.2) is 0 Å². The number of para-hydroxylation sites is 1. The maximum atomic E-state index is 10.7. The van der Waals surface area contributed by atoms with Crippen LogP contribution in [0.3, 0.4) is 0 Å². The van der Waals surface area contributed by atoms with Gasteiger partial charge in [0.1, 0.15) is 18.5 Å². The lowest BCUT2D eigenvalue weighted by molar-refractivity contribution is 0.0255. The number of aliphatic hydroxyl groups is 1. The second-order valence-electron chi connectivity index (χ2n) is 7.85. The minimum absolute atomic E-state index is 0.298. The second-order valence-corrected chi connectivity index (χ2v) is 7.85. The third-order valence-electron chi connectivity index (χ3n) is 5.49. The molecule has 0 radical (unpaired) electrons. The number of aryl methyl sites for hydroxylation is 2. The van der Waals surface area contributed by atoms with Crippen molar-refractivity contribution in [2.45, 2.75) is 26.5 Å². The molecule has 0 aliphatic carbocycles. The van der Waals surface area contributed by atoms with Crippen LogP contribution in [0.4, 0.5) is 0 Å². The Bertz CT molecular complexity index is 746. The fourth-order valence-corrected chi connectivity index (χ4v) is 3.63. The Labute approximate surface area is 174 Å². The van der Waals surface area contributed by atoms with Crippen molar-refractivity contribution in [2.24, 2.45) is 0 Å². The number of morpholine rings is 1. The summed E-state index contributed by atoms with van der Waals surface area (Å²) in [5.74, 6) is 0.838. The molecule has 0 saturated carbocycles. The van der Waals surface area contributed by atoms with Crippen LogP contribution in [0.1, 0.15) is 16.7 Å². The second kappa shape index (κ2) is 11.3. The van der Waals surface area contributed by atoms with Gasteiger partial charge in [0, 0.05) is 39.3 Å². The predicted octanol–water partition coefficient (Wildman–Crippen LogP) is 2.88. The van der Waals surface area contributed by atoms with Gasteiger partial charge >= 0.3 is 0 Å². The highest BCUT2D eigenvalue weighted by Gasteiger charge is 2.17. The molecular formula is C24H34N2O3. The van der Waals surface area contributed by atoms with Crippen LogP contribution in [0.15, 0.2) is 48.5 Å². The number of nitrogens with zero attached hydrogens (tertiary/aromatic N) is 2. The van der Waals surface area contributed by atoms with Gasteiger partial charge < -0.3 is 14.6 Å². The number of ether oxygens (including phenoxy) is 2. The van der Waals surface area contributed by atoms with Crippen LogP contribution in [0.5, 0.6) is 5.75 Å². The van der Waals surface area contributed by atoms with Gasteiger partial charge in [-0.3, -0.25) is 9.80 Å². The smallest absolute Gasteiger partial charge is 0.122 e. The standard InChI is InChI=1S/C24H34N2O3/c1-20-7-3-5-9-22(20)17-26(12-11-25-13-15-28-16-14-25)18-23(27)19-29-24-10-6-4-8-21(24)2/h3-10,23,27H,11-19H2,1-2H3/t23-/m0/s1. The van der Waals surface area contributed by atoms with Crippen molar-refractivity contribution in [1.82, 2.24) is 9.80 Å². The molecule has 5 heteroatoms. The molecule has 1 N–H and O–H groups in total. The molecule has 0 spiro atoms. The van der Waals surface area contributed by atoms with Gasteiger partial charge in [-0.05, 0) is 36.6 Å². The maximum absolute atomic E-state index is 10.7. The summed E-state index contributed by atoms with van der Waals surface area (Å²) >= 11 is 0. The number of rotatable bonds is 10. The monoisotopic (exact) mass is 398 g/mol. The molecule has 1 aliphatic rings. The fourth-order valence-electron chi connectivity index (χ4n) is 3.63. The van der Waals surface area contributed by atoms with E-state index in [0.717, 1.165) is 57.3 Å². The Morgan fingerprint density at radius 2 is 1.72 bits per heavy atom. The number of hydrogen-bond donors (Lipinski definition) is 1. The van der Waals surface area contributed by atoms with Gasteiger partial charge in [-0.25, -0.2) is 0 Å². The van der Waals surface area contributed by atoms with Crippen LogP contribution < -0.4 is 4.74 Å². The third-order valence-corrected chi connectivity index (χ3v) is 5.49. The summed E-state index contributed by atoms with van der Waals surface area (Å²) in [6.45, 7) is 11.4. The summed E-state index contributed by atoms with van der Waals surface area (Å²) in [4.78, 5) is 4.77. The minimum Gasteiger partial charge on any atom is -0.491 e. The fraction of sp³-hybridized carbons (Fsp3) is 0.500. The van der Waals surface area contributed by atoms with E-state index in [1.807, 2.05) is 31.2 Å². The topological polar surface area (TPSA) is 45.2 Å². The van der Waals surface area contributed by atoms with Crippen molar-refractivity contribution in [3.05, 3.63) is 65.2 Å². The van der Waals surface area contributed by atoms with E-state index in [-0.39, 0.29) is 0 Å². The first-order valence-electron chi connectivity index (χ1n) is 10.6. The van der Waals surface area contributed by atoms with E-state index in [1.54, 1.807) is 0 Å². The molecule has 1 heterocycles. The first kappa shape index (κ1) is 21.8. The van der Waals surface area contributed by atoms with Crippen molar-refractivity contribution < 1.29 is 14.6 Å². The largest absolute Gasteiger partial charge is 0.491 e. The first-order chi connectivity index (χ1) is 14.1. The van der Waals surface area contributed by atoms with E-state index in [4.69, 9.17) is 9.47 Å². The van der Waals surface area contributed by atoms with Crippen LogP contribution in [0.25, 0.3) is 0 Å². The van der Waals surface area contributed by atoms with E-state index in [9.17, 15) is 5.11 Å². The molecule has 2 aromatic carbocycles. The first-order valence-corrected chi connectivity index (χ1v) is 10.6. The van der Waals surface area contributed by atoms with E-state index < -0.39 is 6.10 Å². The molecule has 1 atom stereocenters. The number of hydrogen-bond acceptors (Lipinski definition) is 5. The molecule has 29 heavy (non-hydrogen) atoms. The molecule has 0 aromatic heterocycles. The van der Waals surface area contributed by atoms with Gasteiger partial charge in [-0.2, -0.15) is 0 Å². The van der Waals surface area contributed by atoms with Crippen molar-refractivity contribution in [2.75, 3.05) is 52.5 Å². The molecule has 0 unspecified atom stereocenters. The van der Waals surface area contributed by atoms with Crippen molar-refractivity contribution in [1.29, 1.82) is 0 Å². The zero-order valence-electron chi connectivity index (χ0n) is 17.7. The number of benzene rings is 2. The maximum Gasteiger partial charge on any atom is 0.122 e. The molecule has 158 valence electrons. The Balaban J connectivity index is 1.57. The van der Waals surface area contributed by atoms with Gasteiger partial charge in [0.2, 0.25) is 0 Å². The molecule has 5 nitrogen and oxygen atoms in total. The van der Waals surface area contributed by atoms with Gasteiger partial charge in [0.25, 0.3) is 0 Å². The average Bonchev–Trinajstić information content (AvgIpc) is 2.74. The molecule has 1 fully saturated rings. The molecule has 0 amide bonds. The van der Waals surface area contributed by atoms with Gasteiger partial charge in [-0.15, -0.1) is 0 Å². The summed E-state index contributed by atoms with van der Waals surface area (Å²) in [6, 6.07) is 16.4. The molecular weight excluding hydrogens is 364 g/mol. The van der Waals surface area contributed by atoms with Crippen LogP contribution in [0, 0.1) is 13.8 Å². The van der Waals surface area contributed by atoms with Crippen LogP contribution in [0.2, 0.25) is 0 Å². The SMILES string of the molecule is Cc1ccccc1CN(CCN1CCOCC1)C[C@H](O)COc1ccccc1C. The quantitative estimate of drug-likeness (QED) is 0.667. The lowest BCUT2D eigenvalue weighted by Crippen LogP contribution is -2.43. The Morgan fingerprint density at radius 1 is 1.03 bits per heavy atom. The highest BCUT2D eigenvalue weighted by atomic mass is 16.5. The Morgan fingerprint density at radius 3 is 2.45 bits per heavy atom. The van der Waals surface area contributed by atoms with E-state index in [0.29, 0.717) is 13.2 Å². The van der Waals surface area contributed by atoms with Crippen LogP contribution in [-0.2, 0) is 11.3 Å². The molecule has 0 bridgehead atoms. The zero-order chi connectivity index (χ0) is 20.5. The lowest BCUT2D eigenvalue weighted by Gasteiger charge is -2.31. The molecule has 3 rings (SSSR count). The highest BCUT2D eigenvalue weighted by molar-refractivity contribution is 5.31. The highest BCUT2D eigenvalue weighted by Crippen LogP contribution is 2.17. The minimum atomic E-state index is -0.539. The summed E-state index contributed by atoms with van der Waals surface area (Å²) in [5, 5.41) is 10.7. The van der Waals surface area contributed by atoms with Crippen molar-refractivity contribution in [3.8, 4) is 5.75 Å². The van der Waals surface area contributed by atoms with Crippen molar-refractivity contribution in [3.63, 3.8) is 0 Å². The van der Waals surface area contributed by atoms with E-state index in [1.165, 1.54) is 11.1 Å². The lowest BCUT2D eigenvalue weighted by atomic mass is 10.1. The van der Waals surface area contributed by atoms with Crippen LogP contribution >= 0.6 is 0 Å². The predicted molar refractivity (Wildman–Crippen MR) is 116 cm³/mol. The summed E-state index contributed by atoms with van der Waals surface area (Å²) in [6.07, 6.45) is -0.539. The normalized spacial score (nSPS) is 16.1. The zero-order valence-corrected chi connectivity index (χ0v) is 17.7. The average molecular weight is 399 g/mol. The van der Waals surface area contributed by atoms with E-state index in [2.05, 4.69) is 41.0 Å². The Kier molecular flexibility index (Phi) is 8.50. The Hall–Kier alpha value is -1.92. The summed E-state index contributed by atoms with van der Waals surface area (Å²) in [5.41, 5.74) is 3.68. The molecule has 2 aromatic rings. The molecule has 1 aliphatic heterocycles. The molecule has 1 saturated heterocycles.